The fourth-order valence-corrected chi connectivity index (χ4v) is 2.27. The number of carbonyl (C=O) groups is 1. The molecule has 0 aromatic heterocycles. The van der Waals surface area contributed by atoms with Gasteiger partial charge in [-0.3, -0.25) is 0 Å². The van der Waals surface area contributed by atoms with Crippen molar-refractivity contribution in [3.8, 4) is 5.75 Å². The number of esters is 1. The second-order valence-electron chi connectivity index (χ2n) is 5.68. The lowest BCUT2D eigenvalue weighted by molar-refractivity contribution is -0.137. The third-order valence-electron chi connectivity index (χ3n) is 3.68. The van der Waals surface area contributed by atoms with Gasteiger partial charge >= 0.3 is 5.97 Å². The molecule has 0 saturated heterocycles. The molecule has 0 fully saturated rings. The predicted molar refractivity (Wildman–Crippen MR) is 97.3 cm³/mol. The number of hydrogen-bond donors (Lipinski definition) is 2. The van der Waals surface area contributed by atoms with Crippen LogP contribution in [0.5, 0.6) is 5.75 Å². The minimum atomic E-state index is -0.546. The molecule has 0 spiro atoms. The second kappa shape index (κ2) is 12.3. The molecule has 5 heteroatoms. The average molecular weight is 348 g/mol. The van der Waals surface area contributed by atoms with Crippen LogP contribution in [0.15, 0.2) is 48.6 Å². The number of benzene rings is 1. The van der Waals surface area contributed by atoms with Crippen molar-refractivity contribution in [2.45, 2.75) is 32.8 Å². The summed E-state index contributed by atoms with van der Waals surface area (Å²) < 4.78 is 10.1. The molecule has 0 heterocycles. The first kappa shape index (κ1) is 20.9. The molecule has 0 bridgehead atoms. The number of allylic oxidation sites excluding steroid dienone is 3. The lowest BCUT2D eigenvalue weighted by Gasteiger charge is -2.19. The Morgan fingerprint density at radius 2 is 1.96 bits per heavy atom. The monoisotopic (exact) mass is 348 g/mol. The molecule has 1 aromatic rings. The molecule has 25 heavy (non-hydrogen) atoms. The summed E-state index contributed by atoms with van der Waals surface area (Å²) in [6.45, 7) is 4.38. The van der Waals surface area contributed by atoms with Gasteiger partial charge in [0.2, 0.25) is 0 Å². The molecular weight excluding hydrogens is 320 g/mol. The Morgan fingerprint density at radius 3 is 2.60 bits per heavy atom. The smallest absolute Gasteiger partial charge is 0.330 e. The molecule has 1 aromatic carbocycles. The van der Waals surface area contributed by atoms with Gasteiger partial charge in [-0.05, 0) is 43.4 Å². The van der Waals surface area contributed by atoms with E-state index >= 15 is 0 Å². The van der Waals surface area contributed by atoms with Crippen LogP contribution in [0.2, 0.25) is 0 Å². The van der Waals surface area contributed by atoms with Gasteiger partial charge in [0.05, 0.1) is 19.3 Å². The van der Waals surface area contributed by atoms with Gasteiger partial charge in [-0.15, -0.1) is 0 Å². The number of aliphatic hydroxyl groups excluding tert-OH is 2. The maximum atomic E-state index is 11.1. The first-order chi connectivity index (χ1) is 12.1. The van der Waals surface area contributed by atoms with E-state index in [1.807, 2.05) is 31.2 Å². The fraction of sp³-hybridized carbons (Fsp3) is 0.450. The SMILES string of the molecule is CCOC(=O)/C=C/C=C/CC[C@@H](C)[C@@H](O)c1ccc(OCCO)cc1. The number of ether oxygens (including phenoxy) is 2. The van der Waals surface area contributed by atoms with Gasteiger partial charge in [0, 0.05) is 6.08 Å². The van der Waals surface area contributed by atoms with Crippen LogP contribution in [0, 0.1) is 5.92 Å². The first-order valence-electron chi connectivity index (χ1n) is 8.60. The Hall–Kier alpha value is -2.11. The summed E-state index contributed by atoms with van der Waals surface area (Å²) in [5.74, 6) is 0.430. The van der Waals surface area contributed by atoms with E-state index in [9.17, 15) is 9.90 Å². The Labute approximate surface area is 149 Å². The van der Waals surface area contributed by atoms with Crippen molar-refractivity contribution in [3.63, 3.8) is 0 Å². The van der Waals surface area contributed by atoms with Crippen molar-refractivity contribution < 1.29 is 24.5 Å². The van der Waals surface area contributed by atoms with Gasteiger partial charge in [0.1, 0.15) is 12.4 Å². The highest BCUT2D eigenvalue weighted by Crippen LogP contribution is 2.27. The van der Waals surface area contributed by atoms with Crippen LogP contribution in [-0.2, 0) is 9.53 Å². The highest BCUT2D eigenvalue weighted by Gasteiger charge is 2.15. The van der Waals surface area contributed by atoms with Crippen LogP contribution in [0.3, 0.4) is 0 Å². The number of carbonyl (C=O) groups excluding carboxylic acids is 1. The Kier molecular flexibility index (Phi) is 10.3. The maximum absolute atomic E-state index is 11.1. The van der Waals surface area contributed by atoms with Crippen LogP contribution >= 0.6 is 0 Å². The third kappa shape index (κ3) is 8.52. The normalized spacial score (nSPS) is 13.9. The minimum absolute atomic E-state index is 0.0239. The lowest BCUT2D eigenvalue weighted by Crippen LogP contribution is -2.09. The molecule has 1 rings (SSSR count). The van der Waals surface area contributed by atoms with Crippen molar-refractivity contribution in [2.75, 3.05) is 19.8 Å². The maximum Gasteiger partial charge on any atom is 0.330 e. The molecule has 0 aliphatic heterocycles. The van der Waals surface area contributed by atoms with Crippen molar-refractivity contribution in [3.05, 3.63) is 54.1 Å². The predicted octanol–water partition coefficient (Wildman–Crippen LogP) is 3.18. The molecule has 0 amide bonds. The van der Waals surface area contributed by atoms with E-state index in [2.05, 4.69) is 0 Å². The van der Waals surface area contributed by atoms with Crippen LogP contribution in [-0.4, -0.2) is 36.0 Å². The van der Waals surface area contributed by atoms with E-state index in [-0.39, 0.29) is 25.1 Å². The van der Waals surface area contributed by atoms with Gasteiger partial charge in [-0.1, -0.05) is 37.3 Å². The quantitative estimate of drug-likeness (QED) is 0.365. The van der Waals surface area contributed by atoms with Crippen LogP contribution in [0.25, 0.3) is 0 Å². The average Bonchev–Trinajstić information content (AvgIpc) is 2.62. The standard InChI is InChI=1S/C20H28O5/c1-3-24-19(22)9-7-5-4-6-8-16(2)20(23)17-10-12-18(13-11-17)25-15-14-21/h4-5,7,9-13,16,20-21,23H,3,6,8,14-15H2,1-2H3/b5-4+,9-7+/t16-,20-/m1/s1. The number of hydrogen-bond acceptors (Lipinski definition) is 5. The van der Waals surface area contributed by atoms with Crippen molar-refractivity contribution >= 4 is 5.97 Å². The molecule has 0 aliphatic carbocycles. The molecule has 0 radical (unpaired) electrons. The van der Waals surface area contributed by atoms with E-state index < -0.39 is 6.10 Å². The number of aliphatic hydroxyl groups is 2. The summed E-state index contributed by atoms with van der Waals surface area (Å²) in [7, 11) is 0. The summed E-state index contributed by atoms with van der Waals surface area (Å²) >= 11 is 0. The minimum Gasteiger partial charge on any atom is -0.491 e. The largest absolute Gasteiger partial charge is 0.491 e. The summed E-state index contributed by atoms with van der Waals surface area (Å²) in [5, 5.41) is 19.1. The molecule has 2 N–H and O–H groups in total. The molecular formula is C20H28O5. The van der Waals surface area contributed by atoms with Gasteiger partial charge in [-0.25, -0.2) is 4.79 Å². The first-order valence-corrected chi connectivity index (χ1v) is 8.60. The van der Waals surface area contributed by atoms with E-state index in [1.165, 1.54) is 6.08 Å². The van der Waals surface area contributed by atoms with Gasteiger partial charge in [-0.2, -0.15) is 0 Å². The summed E-state index contributed by atoms with van der Waals surface area (Å²) in [6, 6.07) is 7.26. The lowest BCUT2D eigenvalue weighted by atomic mass is 9.93. The van der Waals surface area contributed by atoms with E-state index in [1.54, 1.807) is 25.1 Å². The van der Waals surface area contributed by atoms with Crippen LogP contribution < -0.4 is 4.74 Å². The molecule has 0 aliphatic rings. The Balaban J connectivity index is 2.38. The third-order valence-corrected chi connectivity index (χ3v) is 3.68. The second-order valence-corrected chi connectivity index (χ2v) is 5.68. The van der Waals surface area contributed by atoms with Gasteiger partial charge < -0.3 is 19.7 Å². The fourth-order valence-electron chi connectivity index (χ4n) is 2.27. The van der Waals surface area contributed by atoms with Crippen molar-refractivity contribution in [2.24, 2.45) is 5.92 Å². The van der Waals surface area contributed by atoms with Crippen molar-refractivity contribution in [1.29, 1.82) is 0 Å². The highest BCUT2D eigenvalue weighted by atomic mass is 16.5. The molecule has 5 nitrogen and oxygen atoms in total. The summed E-state index contributed by atoms with van der Waals surface area (Å²) in [6.07, 6.45) is 7.91. The zero-order valence-electron chi connectivity index (χ0n) is 14.9. The van der Waals surface area contributed by atoms with E-state index in [4.69, 9.17) is 14.6 Å². The van der Waals surface area contributed by atoms with Gasteiger partial charge in [0.15, 0.2) is 0 Å². The van der Waals surface area contributed by atoms with E-state index in [0.717, 1.165) is 18.4 Å². The number of rotatable bonds is 11. The molecule has 0 unspecified atom stereocenters. The van der Waals surface area contributed by atoms with Gasteiger partial charge in [0.25, 0.3) is 0 Å². The van der Waals surface area contributed by atoms with Crippen LogP contribution in [0.4, 0.5) is 0 Å². The zero-order chi connectivity index (χ0) is 18.5. The Bertz CT molecular complexity index is 548. The topological polar surface area (TPSA) is 76.0 Å². The molecule has 0 saturated carbocycles. The van der Waals surface area contributed by atoms with Crippen molar-refractivity contribution in [1.82, 2.24) is 0 Å². The molecule has 138 valence electrons. The zero-order valence-corrected chi connectivity index (χ0v) is 14.9. The highest BCUT2D eigenvalue weighted by molar-refractivity contribution is 5.82. The summed E-state index contributed by atoms with van der Waals surface area (Å²) in [4.78, 5) is 11.1. The van der Waals surface area contributed by atoms with E-state index in [0.29, 0.717) is 12.4 Å². The molecule has 2 atom stereocenters. The van der Waals surface area contributed by atoms with Crippen LogP contribution in [0.1, 0.15) is 38.4 Å². The summed E-state index contributed by atoms with van der Waals surface area (Å²) in [5.41, 5.74) is 0.843. The Morgan fingerprint density at radius 1 is 1.24 bits per heavy atom.